The molecule has 3 atom stereocenters. The van der Waals surface area contributed by atoms with E-state index in [1.807, 2.05) is 0 Å². The highest BCUT2D eigenvalue weighted by Gasteiger charge is 2.61. The third-order valence-corrected chi connectivity index (χ3v) is 6.72. The molecule has 3 aliphatic carbocycles. The zero-order chi connectivity index (χ0) is 19.2. The van der Waals surface area contributed by atoms with Crippen molar-refractivity contribution in [3.63, 3.8) is 0 Å². The van der Waals surface area contributed by atoms with Gasteiger partial charge in [0.05, 0.1) is 6.42 Å². The summed E-state index contributed by atoms with van der Waals surface area (Å²) >= 11 is 0. The van der Waals surface area contributed by atoms with E-state index in [1.165, 1.54) is 26.4 Å². The first-order valence-corrected chi connectivity index (χ1v) is 9.18. The van der Waals surface area contributed by atoms with Crippen molar-refractivity contribution in [1.29, 1.82) is 0 Å². The van der Waals surface area contributed by atoms with Crippen LogP contribution >= 0.6 is 0 Å². The third kappa shape index (κ3) is 3.11. The molecule has 1 aliphatic heterocycles. The van der Waals surface area contributed by atoms with Crippen LogP contribution in [0.1, 0.15) is 46.5 Å². The molecule has 146 valence electrons. The smallest absolute Gasteiger partial charge is 0.313 e. The van der Waals surface area contributed by atoms with Gasteiger partial charge in [0.2, 0.25) is 0 Å². The second kappa shape index (κ2) is 6.71. The standard InChI is InChI=1S/C19H29NO6/c1-17(2)13-8-9-18(3,14(17)12-13)25-26-19(23-4,24-5)10-11-20-15(21)6-7-16(20)22/h6-7,13-14H,8-12H2,1-5H3. The van der Waals surface area contributed by atoms with Gasteiger partial charge in [0, 0.05) is 32.9 Å². The highest BCUT2D eigenvalue weighted by atomic mass is 17.3. The van der Waals surface area contributed by atoms with Crippen LogP contribution in [0.15, 0.2) is 12.2 Å². The largest absolute Gasteiger partial charge is 0.329 e. The number of fused-ring (bicyclic) bond motifs is 2. The number of amides is 2. The van der Waals surface area contributed by atoms with E-state index < -0.39 is 11.6 Å². The first-order valence-electron chi connectivity index (χ1n) is 9.18. The van der Waals surface area contributed by atoms with Crippen LogP contribution in [-0.4, -0.2) is 49.1 Å². The molecule has 3 saturated carbocycles. The quantitative estimate of drug-likeness (QED) is 0.284. The molecule has 4 rings (SSSR count). The number of hydrogen-bond donors (Lipinski definition) is 0. The second-order valence-electron chi connectivity index (χ2n) is 8.33. The van der Waals surface area contributed by atoms with Crippen molar-refractivity contribution in [3.05, 3.63) is 12.2 Å². The molecular weight excluding hydrogens is 338 g/mol. The number of imide groups is 1. The lowest BCUT2D eigenvalue weighted by atomic mass is 9.44. The number of rotatable bonds is 8. The number of nitrogens with zero attached hydrogens (tertiary/aromatic N) is 1. The van der Waals surface area contributed by atoms with Gasteiger partial charge in [0.25, 0.3) is 11.8 Å². The minimum Gasteiger partial charge on any atom is -0.329 e. The summed E-state index contributed by atoms with van der Waals surface area (Å²) < 4.78 is 10.8. The Hall–Kier alpha value is -1.28. The van der Waals surface area contributed by atoms with Gasteiger partial charge in [-0.25, -0.2) is 4.89 Å². The molecule has 0 saturated heterocycles. The van der Waals surface area contributed by atoms with E-state index in [4.69, 9.17) is 19.2 Å². The van der Waals surface area contributed by atoms with E-state index in [0.717, 1.165) is 30.1 Å². The topological polar surface area (TPSA) is 74.3 Å². The van der Waals surface area contributed by atoms with Gasteiger partial charge >= 0.3 is 5.97 Å². The van der Waals surface area contributed by atoms with Crippen LogP contribution in [-0.2, 0) is 28.8 Å². The maximum absolute atomic E-state index is 11.7. The van der Waals surface area contributed by atoms with Gasteiger partial charge in [-0.1, -0.05) is 13.8 Å². The van der Waals surface area contributed by atoms with Crippen molar-refractivity contribution in [2.24, 2.45) is 17.3 Å². The van der Waals surface area contributed by atoms with E-state index in [2.05, 4.69) is 20.8 Å². The first-order chi connectivity index (χ1) is 12.2. The number of carbonyl (C=O) groups excluding carboxylic acids is 2. The molecule has 0 aromatic rings. The van der Waals surface area contributed by atoms with Gasteiger partial charge in [0.1, 0.15) is 5.60 Å². The van der Waals surface area contributed by atoms with E-state index in [0.29, 0.717) is 5.92 Å². The maximum atomic E-state index is 11.7. The summed E-state index contributed by atoms with van der Waals surface area (Å²) in [6.45, 7) is 6.75. The number of carbonyl (C=O) groups is 2. The van der Waals surface area contributed by atoms with Crippen LogP contribution in [0.25, 0.3) is 0 Å². The van der Waals surface area contributed by atoms with Gasteiger partial charge in [-0.2, -0.15) is 4.89 Å². The van der Waals surface area contributed by atoms with Crippen LogP contribution < -0.4 is 0 Å². The summed E-state index contributed by atoms with van der Waals surface area (Å²) in [5.74, 6) is -1.02. The van der Waals surface area contributed by atoms with E-state index in [-0.39, 0.29) is 30.2 Å². The Morgan fingerprint density at radius 3 is 2.27 bits per heavy atom. The van der Waals surface area contributed by atoms with Crippen molar-refractivity contribution >= 4 is 11.8 Å². The van der Waals surface area contributed by atoms with Gasteiger partial charge in [-0.15, -0.1) is 0 Å². The zero-order valence-electron chi connectivity index (χ0n) is 16.2. The van der Waals surface area contributed by atoms with Crippen LogP contribution in [0.5, 0.6) is 0 Å². The molecule has 7 heteroatoms. The molecule has 2 amide bonds. The summed E-state index contributed by atoms with van der Waals surface area (Å²) in [6, 6.07) is 0. The predicted octanol–water partition coefficient (Wildman–Crippen LogP) is 2.41. The average Bonchev–Trinajstić information content (AvgIpc) is 2.94. The van der Waals surface area contributed by atoms with Gasteiger partial charge < -0.3 is 9.47 Å². The molecule has 0 spiro atoms. The molecule has 0 N–H and O–H groups in total. The highest BCUT2D eigenvalue weighted by molar-refractivity contribution is 6.12. The molecule has 26 heavy (non-hydrogen) atoms. The Bertz CT molecular complexity index is 591. The molecule has 0 radical (unpaired) electrons. The maximum Gasteiger partial charge on any atom is 0.313 e. The molecule has 0 aromatic carbocycles. The molecule has 3 fully saturated rings. The Balaban J connectivity index is 1.62. The van der Waals surface area contributed by atoms with Crippen molar-refractivity contribution in [2.45, 2.75) is 58.0 Å². The molecule has 7 nitrogen and oxygen atoms in total. The minimum atomic E-state index is -1.48. The Morgan fingerprint density at radius 2 is 1.77 bits per heavy atom. The molecule has 4 aliphatic rings. The number of hydrogen-bond acceptors (Lipinski definition) is 6. The van der Waals surface area contributed by atoms with E-state index >= 15 is 0 Å². The number of methoxy groups -OCH3 is 2. The van der Waals surface area contributed by atoms with Crippen LogP contribution in [0.4, 0.5) is 0 Å². The van der Waals surface area contributed by atoms with Crippen LogP contribution in [0.3, 0.4) is 0 Å². The SMILES string of the molecule is COC(CCN1C(=O)C=CC1=O)(OC)OOC1(C)CCC2CC1C2(C)C. The molecule has 0 aromatic heterocycles. The third-order valence-electron chi connectivity index (χ3n) is 6.72. The molecule has 2 bridgehead atoms. The van der Waals surface area contributed by atoms with Crippen molar-refractivity contribution in [1.82, 2.24) is 4.90 Å². The summed E-state index contributed by atoms with van der Waals surface area (Å²) in [5.41, 5.74) is -0.180. The fourth-order valence-electron chi connectivity index (χ4n) is 4.73. The van der Waals surface area contributed by atoms with Crippen LogP contribution in [0.2, 0.25) is 0 Å². The monoisotopic (exact) mass is 367 g/mol. The van der Waals surface area contributed by atoms with Crippen molar-refractivity contribution < 1.29 is 28.8 Å². The highest BCUT2D eigenvalue weighted by Crippen LogP contribution is 2.63. The molecule has 1 heterocycles. The normalized spacial score (nSPS) is 32.9. The lowest BCUT2D eigenvalue weighted by Crippen LogP contribution is -2.61. The van der Waals surface area contributed by atoms with Gasteiger partial charge in [0.15, 0.2) is 0 Å². The summed E-state index contributed by atoms with van der Waals surface area (Å²) in [4.78, 5) is 36.2. The molecular formula is C19H29NO6. The zero-order valence-corrected chi connectivity index (χ0v) is 16.2. The lowest BCUT2D eigenvalue weighted by molar-refractivity contribution is -0.536. The van der Waals surface area contributed by atoms with E-state index in [1.54, 1.807) is 0 Å². The molecule has 3 unspecified atom stereocenters. The Kier molecular flexibility index (Phi) is 5.03. The average molecular weight is 367 g/mol. The first kappa shape index (κ1) is 19.5. The van der Waals surface area contributed by atoms with Crippen LogP contribution in [0, 0.1) is 17.3 Å². The lowest BCUT2D eigenvalue weighted by Gasteiger charge is -2.63. The van der Waals surface area contributed by atoms with E-state index in [9.17, 15) is 9.59 Å². The van der Waals surface area contributed by atoms with Crippen molar-refractivity contribution in [3.8, 4) is 0 Å². The fourth-order valence-corrected chi connectivity index (χ4v) is 4.73. The number of ether oxygens (including phenoxy) is 2. The van der Waals surface area contributed by atoms with Crippen molar-refractivity contribution in [2.75, 3.05) is 20.8 Å². The van der Waals surface area contributed by atoms with Gasteiger partial charge in [-0.3, -0.25) is 14.5 Å². The van der Waals surface area contributed by atoms with Gasteiger partial charge in [-0.05, 0) is 43.4 Å². The Morgan fingerprint density at radius 1 is 1.15 bits per heavy atom. The summed E-state index contributed by atoms with van der Waals surface area (Å²) in [6.07, 6.45) is 5.81. The second-order valence-corrected chi connectivity index (χ2v) is 8.33. The fraction of sp³-hybridized carbons (Fsp3) is 0.789. The minimum absolute atomic E-state index is 0.115. The predicted molar refractivity (Wildman–Crippen MR) is 92.4 cm³/mol. The summed E-state index contributed by atoms with van der Waals surface area (Å²) in [7, 11) is 2.90. The summed E-state index contributed by atoms with van der Waals surface area (Å²) in [5, 5.41) is 0. The Labute approximate surface area is 154 Å².